The molecule has 0 bridgehead atoms. The van der Waals surface area contributed by atoms with Crippen LogP contribution in [0.25, 0.3) is 0 Å². The molecule has 0 radical (unpaired) electrons. The zero-order chi connectivity index (χ0) is 15.2. The van der Waals surface area contributed by atoms with E-state index in [0.717, 1.165) is 35.8 Å². The summed E-state index contributed by atoms with van der Waals surface area (Å²) in [5.74, 6) is 0.854. The van der Waals surface area contributed by atoms with Crippen molar-refractivity contribution in [2.24, 2.45) is 0 Å². The minimum absolute atomic E-state index is 0.150. The molecule has 112 valence electrons. The van der Waals surface area contributed by atoms with Crippen molar-refractivity contribution in [1.29, 1.82) is 0 Å². The maximum absolute atomic E-state index is 11.5. The van der Waals surface area contributed by atoms with E-state index in [4.69, 9.17) is 0 Å². The molecule has 0 fully saturated rings. The molecule has 21 heavy (non-hydrogen) atoms. The summed E-state index contributed by atoms with van der Waals surface area (Å²) < 4.78 is 0. The summed E-state index contributed by atoms with van der Waals surface area (Å²) in [7, 11) is 0. The highest BCUT2D eigenvalue weighted by molar-refractivity contribution is 7.99. The van der Waals surface area contributed by atoms with Gasteiger partial charge in [0.25, 0.3) is 5.56 Å². The second-order valence-electron chi connectivity index (χ2n) is 4.58. The second kappa shape index (κ2) is 7.21. The third-order valence-corrected chi connectivity index (χ3v) is 3.72. The Morgan fingerprint density at radius 1 is 1.33 bits per heavy atom. The lowest BCUT2D eigenvalue weighted by Crippen LogP contribution is -2.09. The Hall–Kier alpha value is -1.89. The molecule has 2 aromatic heterocycles. The average Bonchev–Trinajstić information content (AvgIpc) is 2.41. The molecule has 2 aromatic rings. The molecule has 0 spiro atoms. The van der Waals surface area contributed by atoms with E-state index in [9.17, 15) is 4.79 Å². The number of aryl methyl sites for hydroxylation is 1. The van der Waals surface area contributed by atoms with Gasteiger partial charge in [-0.3, -0.25) is 4.79 Å². The highest BCUT2D eigenvalue weighted by atomic mass is 32.2. The summed E-state index contributed by atoms with van der Waals surface area (Å²) in [5.41, 5.74) is 1.61. The standard InChI is InChI=1S/C14H19N5OS/c1-4-6-10-12(15-5-2)16-8-17-13(10)21-14-18-9(3)7-11(20)19-14/h7-8H,4-6H2,1-3H3,(H,15,16,17)(H,18,19,20). The molecular weight excluding hydrogens is 286 g/mol. The lowest BCUT2D eigenvalue weighted by atomic mass is 10.2. The van der Waals surface area contributed by atoms with Crippen LogP contribution in [0, 0.1) is 6.92 Å². The molecule has 0 aliphatic rings. The van der Waals surface area contributed by atoms with Gasteiger partial charge in [0.15, 0.2) is 5.16 Å². The van der Waals surface area contributed by atoms with E-state index in [1.165, 1.54) is 24.2 Å². The maximum Gasteiger partial charge on any atom is 0.251 e. The number of rotatable bonds is 6. The van der Waals surface area contributed by atoms with Crippen LogP contribution < -0.4 is 10.9 Å². The number of nitrogens with one attached hydrogen (secondary N) is 2. The van der Waals surface area contributed by atoms with Crippen LogP contribution in [-0.2, 0) is 6.42 Å². The van der Waals surface area contributed by atoms with E-state index in [1.807, 2.05) is 6.92 Å². The summed E-state index contributed by atoms with van der Waals surface area (Å²) in [6, 6.07) is 1.47. The van der Waals surface area contributed by atoms with Crippen molar-refractivity contribution < 1.29 is 0 Å². The number of anilines is 1. The Morgan fingerprint density at radius 3 is 2.81 bits per heavy atom. The first kappa shape index (κ1) is 15.5. The Balaban J connectivity index is 2.38. The van der Waals surface area contributed by atoms with E-state index in [0.29, 0.717) is 10.9 Å². The van der Waals surface area contributed by atoms with Gasteiger partial charge in [0, 0.05) is 23.9 Å². The first-order chi connectivity index (χ1) is 10.1. The molecule has 0 amide bonds. The van der Waals surface area contributed by atoms with Gasteiger partial charge in [0.2, 0.25) is 0 Å². The first-order valence-corrected chi connectivity index (χ1v) is 7.79. The SMILES string of the molecule is CCCc1c(NCC)ncnc1Sc1nc(C)cc(=O)[nH]1. The van der Waals surface area contributed by atoms with Gasteiger partial charge in [0.05, 0.1) is 0 Å². The van der Waals surface area contributed by atoms with Gasteiger partial charge in [-0.2, -0.15) is 0 Å². The second-order valence-corrected chi connectivity index (χ2v) is 5.56. The van der Waals surface area contributed by atoms with Crippen molar-refractivity contribution in [3.63, 3.8) is 0 Å². The summed E-state index contributed by atoms with van der Waals surface area (Å²) in [6.07, 6.45) is 3.41. The lowest BCUT2D eigenvalue weighted by Gasteiger charge is -2.12. The quantitative estimate of drug-likeness (QED) is 0.630. The van der Waals surface area contributed by atoms with E-state index in [2.05, 4.69) is 32.2 Å². The third-order valence-electron chi connectivity index (χ3n) is 2.79. The lowest BCUT2D eigenvalue weighted by molar-refractivity contribution is 0.847. The van der Waals surface area contributed by atoms with Gasteiger partial charge in [-0.05, 0) is 32.0 Å². The minimum atomic E-state index is -0.150. The van der Waals surface area contributed by atoms with Crippen molar-refractivity contribution in [2.75, 3.05) is 11.9 Å². The largest absolute Gasteiger partial charge is 0.370 e. The molecule has 2 heterocycles. The normalized spacial score (nSPS) is 10.6. The Labute approximate surface area is 127 Å². The summed E-state index contributed by atoms with van der Waals surface area (Å²) in [5, 5.41) is 4.64. The van der Waals surface area contributed by atoms with Gasteiger partial charge < -0.3 is 10.3 Å². The Morgan fingerprint density at radius 2 is 2.14 bits per heavy atom. The van der Waals surface area contributed by atoms with Gasteiger partial charge >= 0.3 is 0 Å². The molecule has 0 saturated heterocycles. The smallest absolute Gasteiger partial charge is 0.251 e. The fourth-order valence-electron chi connectivity index (χ4n) is 1.97. The van der Waals surface area contributed by atoms with Crippen LogP contribution in [0.2, 0.25) is 0 Å². The monoisotopic (exact) mass is 305 g/mol. The summed E-state index contributed by atoms with van der Waals surface area (Å²) >= 11 is 1.36. The zero-order valence-electron chi connectivity index (χ0n) is 12.4. The number of hydrogen-bond donors (Lipinski definition) is 2. The van der Waals surface area contributed by atoms with Crippen LogP contribution in [0.15, 0.2) is 27.4 Å². The van der Waals surface area contributed by atoms with E-state index in [-0.39, 0.29) is 5.56 Å². The van der Waals surface area contributed by atoms with Crippen molar-refractivity contribution in [1.82, 2.24) is 19.9 Å². The molecule has 0 aliphatic heterocycles. The summed E-state index contributed by atoms with van der Waals surface area (Å²) in [4.78, 5) is 27.2. The Kier molecular flexibility index (Phi) is 5.32. The molecular formula is C14H19N5OS. The van der Waals surface area contributed by atoms with Gasteiger partial charge in [-0.15, -0.1) is 0 Å². The predicted molar refractivity (Wildman–Crippen MR) is 83.9 cm³/mol. The van der Waals surface area contributed by atoms with Crippen molar-refractivity contribution >= 4 is 17.6 Å². The van der Waals surface area contributed by atoms with E-state index in [1.54, 1.807) is 6.92 Å². The van der Waals surface area contributed by atoms with Gasteiger partial charge in [-0.1, -0.05) is 13.3 Å². The molecule has 2 rings (SSSR count). The molecule has 6 nitrogen and oxygen atoms in total. The van der Waals surface area contributed by atoms with Crippen LogP contribution >= 0.6 is 11.8 Å². The number of aromatic amines is 1. The number of H-pyrrole nitrogens is 1. The predicted octanol–water partition coefficient (Wildman–Crippen LogP) is 2.40. The highest BCUT2D eigenvalue weighted by Crippen LogP contribution is 2.29. The number of aromatic nitrogens is 4. The zero-order valence-corrected chi connectivity index (χ0v) is 13.3. The van der Waals surface area contributed by atoms with Crippen molar-refractivity contribution in [2.45, 2.75) is 43.8 Å². The molecule has 0 aromatic carbocycles. The molecule has 0 saturated carbocycles. The number of hydrogen-bond acceptors (Lipinski definition) is 6. The molecule has 0 aliphatic carbocycles. The third kappa shape index (κ3) is 4.04. The summed E-state index contributed by atoms with van der Waals surface area (Å²) in [6.45, 7) is 6.75. The fraction of sp³-hybridized carbons (Fsp3) is 0.429. The molecule has 0 unspecified atom stereocenters. The Bertz CT molecular complexity index is 671. The van der Waals surface area contributed by atoms with Crippen molar-refractivity contribution in [3.05, 3.63) is 34.0 Å². The maximum atomic E-state index is 11.5. The minimum Gasteiger partial charge on any atom is -0.370 e. The van der Waals surface area contributed by atoms with Gasteiger partial charge in [0.1, 0.15) is 17.2 Å². The first-order valence-electron chi connectivity index (χ1n) is 6.97. The molecule has 7 heteroatoms. The average molecular weight is 305 g/mol. The highest BCUT2D eigenvalue weighted by Gasteiger charge is 2.13. The van der Waals surface area contributed by atoms with Crippen molar-refractivity contribution in [3.8, 4) is 0 Å². The van der Waals surface area contributed by atoms with E-state index < -0.39 is 0 Å². The fourth-order valence-corrected chi connectivity index (χ4v) is 2.92. The topological polar surface area (TPSA) is 83.6 Å². The van der Waals surface area contributed by atoms with Crippen LogP contribution in [-0.4, -0.2) is 26.5 Å². The molecule has 0 atom stereocenters. The van der Waals surface area contributed by atoms with Crippen LogP contribution in [0.3, 0.4) is 0 Å². The van der Waals surface area contributed by atoms with Crippen LogP contribution in [0.4, 0.5) is 5.82 Å². The number of nitrogens with zero attached hydrogens (tertiary/aromatic N) is 3. The van der Waals surface area contributed by atoms with E-state index >= 15 is 0 Å². The van der Waals surface area contributed by atoms with Crippen LogP contribution in [0.5, 0.6) is 0 Å². The van der Waals surface area contributed by atoms with Gasteiger partial charge in [-0.25, -0.2) is 15.0 Å². The molecule has 2 N–H and O–H groups in total. The van der Waals surface area contributed by atoms with Crippen LogP contribution in [0.1, 0.15) is 31.5 Å².